The van der Waals surface area contributed by atoms with Crippen LogP contribution in [0.3, 0.4) is 0 Å². The molecule has 0 amide bonds. The van der Waals surface area contributed by atoms with Crippen LogP contribution in [0.1, 0.15) is 12.8 Å². The predicted octanol–water partition coefficient (Wildman–Crippen LogP) is 1.14. The van der Waals surface area contributed by atoms with Crippen molar-refractivity contribution in [1.82, 2.24) is 0 Å². The Morgan fingerprint density at radius 1 is 1.06 bits per heavy atom. The molecule has 0 fully saturated rings. The Kier molecular flexibility index (Phi) is 10.1. The number of methoxy groups -OCH3 is 2. The van der Waals surface area contributed by atoms with Gasteiger partial charge in [-0.25, -0.2) is 4.79 Å². The van der Waals surface area contributed by atoms with Gasteiger partial charge in [0.2, 0.25) is 0 Å². The van der Waals surface area contributed by atoms with Crippen LogP contribution < -0.4 is 0 Å². The molecule has 0 spiro atoms. The number of carboxylic acid groups (broad SMARTS) is 1. The molecule has 1 unspecified atom stereocenters. The van der Waals surface area contributed by atoms with E-state index in [4.69, 9.17) is 19.3 Å². The fraction of sp³-hybridized carbons (Fsp3) is 0.900. The zero-order valence-corrected chi connectivity index (χ0v) is 9.81. The van der Waals surface area contributed by atoms with Gasteiger partial charge in [-0.15, -0.1) is 0 Å². The quantitative estimate of drug-likeness (QED) is 0.453. The van der Waals surface area contributed by atoms with Crippen LogP contribution in [0.2, 0.25) is 0 Å². The highest BCUT2D eigenvalue weighted by Gasteiger charge is 2.10. The maximum Gasteiger partial charge on any atom is 0.505 e. The molecule has 0 saturated heterocycles. The Morgan fingerprint density at radius 3 is 2.25 bits per heavy atom. The minimum absolute atomic E-state index is 0.0607. The average Bonchev–Trinajstić information content (AvgIpc) is 2.25. The van der Waals surface area contributed by atoms with Crippen molar-refractivity contribution in [2.75, 3.05) is 40.6 Å². The van der Waals surface area contributed by atoms with Gasteiger partial charge >= 0.3 is 6.16 Å². The van der Waals surface area contributed by atoms with E-state index in [1.165, 1.54) is 0 Å². The van der Waals surface area contributed by atoms with E-state index in [9.17, 15) is 4.79 Å². The highest BCUT2D eigenvalue weighted by molar-refractivity contribution is 5.56. The second kappa shape index (κ2) is 10.7. The summed E-state index contributed by atoms with van der Waals surface area (Å²) >= 11 is 0. The molecule has 0 heterocycles. The molecule has 0 aliphatic rings. The molecule has 1 N–H and O–H groups in total. The second-order valence-corrected chi connectivity index (χ2v) is 3.17. The zero-order chi connectivity index (χ0) is 12.2. The molecule has 6 heteroatoms. The molecule has 0 aromatic heterocycles. The third kappa shape index (κ3) is 9.70. The van der Waals surface area contributed by atoms with Crippen molar-refractivity contribution in [2.24, 2.45) is 0 Å². The topological polar surface area (TPSA) is 74.2 Å². The third-order valence-corrected chi connectivity index (χ3v) is 1.95. The highest BCUT2D eigenvalue weighted by Crippen LogP contribution is 2.05. The summed E-state index contributed by atoms with van der Waals surface area (Å²) in [4.78, 5) is 10.1. The van der Waals surface area contributed by atoms with Gasteiger partial charge in [0.15, 0.2) is 0 Å². The van der Waals surface area contributed by atoms with Crippen molar-refractivity contribution in [3.8, 4) is 0 Å². The Morgan fingerprint density at radius 2 is 1.69 bits per heavy atom. The Bertz CT molecular complexity index is 173. The second-order valence-electron chi connectivity index (χ2n) is 3.17. The van der Waals surface area contributed by atoms with Crippen molar-refractivity contribution >= 4 is 6.16 Å². The summed E-state index contributed by atoms with van der Waals surface area (Å²) < 4.78 is 19.7. The largest absolute Gasteiger partial charge is 0.505 e. The Hall–Kier alpha value is -0.850. The van der Waals surface area contributed by atoms with Gasteiger partial charge in [-0.3, -0.25) is 0 Å². The average molecular weight is 236 g/mol. The van der Waals surface area contributed by atoms with Gasteiger partial charge in [0.05, 0.1) is 25.9 Å². The lowest BCUT2D eigenvalue weighted by Crippen LogP contribution is -2.20. The highest BCUT2D eigenvalue weighted by atomic mass is 16.7. The number of ether oxygens (including phenoxy) is 4. The van der Waals surface area contributed by atoms with E-state index >= 15 is 0 Å². The molecule has 0 aliphatic carbocycles. The first-order valence-electron chi connectivity index (χ1n) is 5.16. The number of hydrogen-bond donors (Lipinski definition) is 1. The molecule has 6 nitrogen and oxygen atoms in total. The maximum absolute atomic E-state index is 10.1. The van der Waals surface area contributed by atoms with E-state index in [0.717, 1.165) is 0 Å². The van der Waals surface area contributed by atoms with Crippen molar-refractivity contribution in [2.45, 2.75) is 18.9 Å². The van der Waals surface area contributed by atoms with Crippen LogP contribution >= 0.6 is 0 Å². The molecule has 0 radical (unpaired) electrons. The molecule has 96 valence electrons. The standard InChI is InChI=1S/C10H20O6/c1-13-5-3-9(15-8-7-14-2)4-6-16-10(11)12/h9H,3-8H2,1-2H3,(H,11,12). The van der Waals surface area contributed by atoms with E-state index in [2.05, 4.69) is 4.74 Å². The minimum Gasteiger partial charge on any atom is -0.450 e. The summed E-state index contributed by atoms with van der Waals surface area (Å²) in [7, 11) is 3.21. The number of carbonyl (C=O) groups is 1. The molecule has 1 atom stereocenters. The van der Waals surface area contributed by atoms with Crippen LogP contribution in [0.4, 0.5) is 4.79 Å². The molecule has 0 saturated carbocycles. The summed E-state index contributed by atoms with van der Waals surface area (Å²) in [5.41, 5.74) is 0. The van der Waals surface area contributed by atoms with Gasteiger partial charge in [-0.2, -0.15) is 0 Å². The van der Waals surface area contributed by atoms with Crippen molar-refractivity contribution in [3.05, 3.63) is 0 Å². The fourth-order valence-electron chi connectivity index (χ4n) is 1.14. The Balaban J connectivity index is 3.66. The van der Waals surface area contributed by atoms with Crippen molar-refractivity contribution < 1.29 is 28.8 Å². The summed E-state index contributed by atoms with van der Waals surface area (Å²) in [6.45, 7) is 1.71. The van der Waals surface area contributed by atoms with Crippen LogP contribution in [0.5, 0.6) is 0 Å². The zero-order valence-electron chi connectivity index (χ0n) is 9.81. The van der Waals surface area contributed by atoms with Crippen LogP contribution in [0, 0.1) is 0 Å². The lowest BCUT2D eigenvalue weighted by atomic mass is 10.2. The maximum atomic E-state index is 10.1. The monoisotopic (exact) mass is 236 g/mol. The van der Waals surface area contributed by atoms with E-state index in [1.807, 2.05) is 0 Å². The molecule has 0 rings (SSSR count). The van der Waals surface area contributed by atoms with Gasteiger partial charge in [0, 0.05) is 27.2 Å². The minimum atomic E-state index is -1.26. The molecular weight excluding hydrogens is 216 g/mol. The van der Waals surface area contributed by atoms with E-state index in [-0.39, 0.29) is 12.7 Å². The summed E-state index contributed by atoms with van der Waals surface area (Å²) in [5, 5.41) is 8.31. The molecule has 0 bridgehead atoms. The van der Waals surface area contributed by atoms with Gasteiger partial charge in [-0.05, 0) is 6.42 Å². The first-order chi connectivity index (χ1) is 7.70. The van der Waals surface area contributed by atoms with Crippen LogP contribution in [0.15, 0.2) is 0 Å². The SMILES string of the molecule is COCCOC(CCOC)CCOC(=O)O. The predicted molar refractivity (Wildman–Crippen MR) is 56.7 cm³/mol. The van der Waals surface area contributed by atoms with E-state index in [1.54, 1.807) is 14.2 Å². The van der Waals surface area contributed by atoms with Gasteiger partial charge < -0.3 is 24.1 Å². The molecular formula is C10H20O6. The van der Waals surface area contributed by atoms with E-state index < -0.39 is 6.16 Å². The fourth-order valence-corrected chi connectivity index (χ4v) is 1.14. The normalized spacial score (nSPS) is 12.4. The van der Waals surface area contributed by atoms with Crippen LogP contribution in [-0.4, -0.2) is 58.0 Å². The molecule has 16 heavy (non-hydrogen) atoms. The van der Waals surface area contributed by atoms with Crippen LogP contribution in [-0.2, 0) is 18.9 Å². The molecule has 0 aromatic carbocycles. The number of rotatable bonds is 10. The lowest BCUT2D eigenvalue weighted by Gasteiger charge is -2.16. The summed E-state index contributed by atoms with van der Waals surface area (Å²) in [6, 6.07) is 0. The van der Waals surface area contributed by atoms with Gasteiger partial charge in [0.25, 0.3) is 0 Å². The van der Waals surface area contributed by atoms with Crippen LogP contribution in [0.25, 0.3) is 0 Å². The van der Waals surface area contributed by atoms with Gasteiger partial charge in [-0.1, -0.05) is 0 Å². The summed E-state index contributed by atoms with van der Waals surface area (Å²) in [5.74, 6) is 0. The molecule has 0 aromatic rings. The number of hydrogen-bond acceptors (Lipinski definition) is 5. The lowest BCUT2D eigenvalue weighted by molar-refractivity contribution is -0.0128. The van der Waals surface area contributed by atoms with E-state index in [0.29, 0.717) is 32.7 Å². The third-order valence-electron chi connectivity index (χ3n) is 1.95. The first-order valence-corrected chi connectivity index (χ1v) is 5.16. The molecule has 0 aliphatic heterocycles. The summed E-state index contributed by atoms with van der Waals surface area (Å²) in [6.07, 6.45) is -0.0837. The smallest absolute Gasteiger partial charge is 0.450 e. The van der Waals surface area contributed by atoms with Crippen molar-refractivity contribution in [1.29, 1.82) is 0 Å². The van der Waals surface area contributed by atoms with Gasteiger partial charge in [0.1, 0.15) is 0 Å². The first kappa shape index (κ1) is 15.2. The Labute approximate surface area is 95.4 Å². The van der Waals surface area contributed by atoms with Crippen molar-refractivity contribution in [3.63, 3.8) is 0 Å².